The number of pyridine rings is 1. The third-order valence-electron chi connectivity index (χ3n) is 5.05. The molecule has 1 saturated carbocycles. The van der Waals surface area contributed by atoms with E-state index in [9.17, 15) is 4.79 Å². The number of hydrogen-bond donors (Lipinski definition) is 0. The van der Waals surface area contributed by atoms with Gasteiger partial charge in [0, 0.05) is 18.8 Å². The van der Waals surface area contributed by atoms with Gasteiger partial charge < -0.3 is 4.90 Å². The molecule has 128 valence electrons. The van der Waals surface area contributed by atoms with Gasteiger partial charge in [-0.25, -0.2) is 0 Å². The quantitative estimate of drug-likeness (QED) is 0.719. The average molecular weight is 334 g/mol. The summed E-state index contributed by atoms with van der Waals surface area (Å²) in [5.74, 6) is 0.110. The van der Waals surface area contributed by atoms with Crippen molar-refractivity contribution in [1.29, 1.82) is 0 Å². The molecule has 0 spiro atoms. The van der Waals surface area contributed by atoms with Crippen LogP contribution in [0.3, 0.4) is 0 Å². The molecule has 1 amide bonds. The van der Waals surface area contributed by atoms with Crippen LogP contribution in [0.5, 0.6) is 0 Å². The molecule has 0 atom stereocenters. The van der Waals surface area contributed by atoms with Crippen LogP contribution in [-0.4, -0.2) is 38.0 Å². The highest BCUT2D eigenvalue weighted by Crippen LogP contribution is 2.25. The van der Waals surface area contributed by atoms with Crippen LogP contribution in [0, 0.1) is 0 Å². The Kier molecular flexibility index (Phi) is 4.46. The molecule has 2 aromatic heterocycles. The lowest BCUT2D eigenvalue weighted by Gasteiger charge is -2.29. The number of benzene rings is 1. The Morgan fingerprint density at radius 3 is 2.72 bits per heavy atom. The second kappa shape index (κ2) is 7.05. The fourth-order valence-corrected chi connectivity index (χ4v) is 3.68. The van der Waals surface area contributed by atoms with Crippen LogP contribution in [0.4, 0.5) is 0 Å². The molecular weight excluding hydrogens is 312 g/mol. The van der Waals surface area contributed by atoms with E-state index in [1.807, 2.05) is 24.4 Å². The Morgan fingerprint density at radius 2 is 1.92 bits per heavy atom. The highest BCUT2D eigenvalue weighted by Gasteiger charge is 2.27. The smallest absolute Gasteiger partial charge is 0.255 e. The van der Waals surface area contributed by atoms with Gasteiger partial charge in [-0.05, 0) is 37.0 Å². The Balaban J connectivity index is 1.56. The monoisotopic (exact) mass is 334 g/mol. The van der Waals surface area contributed by atoms with Gasteiger partial charge in [0.2, 0.25) is 0 Å². The van der Waals surface area contributed by atoms with Gasteiger partial charge in [-0.1, -0.05) is 43.2 Å². The summed E-state index contributed by atoms with van der Waals surface area (Å²) in [6, 6.07) is 14.4. The fraction of sp³-hybridized carbons (Fsp3) is 0.350. The summed E-state index contributed by atoms with van der Waals surface area (Å²) in [6.45, 7) is 0.758. The zero-order valence-corrected chi connectivity index (χ0v) is 14.2. The lowest BCUT2D eigenvalue weighted by molar-refractivity contribution is 0.0683. The molecule has 25 heavy (non-hydrogen) atoms. The van der Waals surface area contributed by atoms with Crippen LogP contribution in [0.15, 0.2) is 55.0 Å². The van der Waals surface area contributed by atoms with Crippen molar-refractivity contribution in [3.8, 4) is 0 Å². The van der Waals surface area contributed by atoms with Crippen LogP contribution in [-0.2, 0) is 6.42 Å². The molecule has 4 rings (SSSR count). The minimum absolute atomic E-state index is 0.110. The highest BCUT2D eigenvalue weighted by atomic mass is 16.2. The molecule has 5 heteroatoms. The van der Waals surface area contributed by atoms with Gasteiger partial charge in [-0.3, -0.25) is 9.20 Å². The molecular formula is C20H22N4O. The number of carbonyl (C=O) groups excluding carboxylic acids is 1. The van der Waals surface area contributed by atoms with E-state index < -0.39 is 0 Å². The summed E-state index contributed by atoms with van der Waals surface area (Å²) in [7, 11) is 0. The maximum atomic E-state index is 13.2. The van der Waals surface area contributed by atoms with Crippen molar-refractivity contribution < 1.29 is 4.79 Å². The second-order valence-corrected chi connectivity index (χ2v) is 6.69. The van der Waals surface area contributed by atoms with Crippen molar-refractivity contribution in [2.75, 3.05) is 6.54 Å². The summed E-state index contributed by atoms with van der Waals surface area (Å²) in [5, 5.41) is 7.89. The molecule has 5 nitrogen and oxygen atoms in total. The van der Waals surface area contributed by atoms with E-state index in [0.717, 1.165) is 31.5 Å². The fourth-order valence-electron chi connectivity index (χ4n) is 3.68. The molecule has 0 unspecified atom stereocenters. The maximum absolute atomic E-state index is 13.2. The van der Waals surface area contributed by atoms with Gasteiger partial charge in [0.05, 0.1) is 5.56 Å². The standard InChI is InChI=1S/C20H22N4O/c25-20(17-10-11-19-22-21-15-23(19)14-17)24(18-8-4-5-9-18)13-12-16-6-2-1-3-7-16/h1-3,6-7,10-11,14-15,18H,4-5,8-9,12-13H2. The van der Waals surface area contributed by atoms with E-state index in [0.29, 0.717) is 11.6 Å². The van der Waals surface area contributed by atoms with E-state index in [4.69, 9.17) is 0 Å². The summed E-state index contributed by atoms with van der Waals surface area (Å²) < 4.78 is 1.80. The lowest BCUT2D eigenvalue weighted by Crippen LogP contribution is -2.40. The predicted octanol–water partition coefficient (Wildman–Crippen LogP) is 3.36. The summed E-state index contributed by atoms with van der Waals surface area (Å²) in [4.78, 5) is 15.3. The summed E-state index contributed by atoms with van der Waals surface area (Å²) >= 11 is 0. The molecule has 0 bridgehead atoms. The number of fused-ring (bicyclic) bond motifs is 1. The van der Waals surface area contributed by atoms with Gasteiger partial charge in [0.25, 0.3) is 5.91 Å². The van der Waals surface area contributed by atoms with Gasteiger partial charge in [0.15, 0.2) is 5.65 Å². The van der Waals surface area contributed by atoms with Crippen molar-refractivity contribution >= 4 is 11.6 Å². The van der Waals surface area contributed by atoms with Crippen molar-refractivity contribution in [2.24, 2.45) is 0 Å². The highest BCUT2D eigenvalue weighted by molar-refractivity contribution is 5.94. The van der Waals surface area contributed by atoms with Crippen molar-refractivity contribution in [2.45, 2.75) is 38.1 Å². The molecule has 1 aliphatic carbocycles. The predicted molar refractivity (Wildman–Crippen MR) is 96.4 cm³/mol. The number of carbonyl (C=O) groups is 1. The first kappa shape index (κ1) is 15.8. The van der Waals surface area contributed by atoms with Crippen LogP contribution in [0.1, 0.15) is 41.6 Å². The Bertz CT molecular complexity index is 852. The molecule has 1 aliphatic rings. The van der Waals surface area contributed by atoms with Gasteiger partial charge in [-0.2, -0.15) is 0 Å². The third kappa shape index (κ3) is 3.40. The largest absolute Gasteiger partial charge is 0.335 e. The molecule has 1 fully saturated rings. The topological polar surface area (TPSA) is 50.5 Å². The Morgan fingerprint density at radius 1 is 1.12 bits per heavy atom. The van der Waals surface area contributed by atoms with Gasteiger partial charge in [-0.15, -0.1) is 10.2 Å². The lowest BCUT2D eigenvalue weighted by atomic mass is 10.1. The van der Waals surface area contributed by atoms with Crippen LogP contribution < -0.4 is 0 Å². The molecule has 0 radical (unpaired) electrons. The maximum Gasteiger partial charge on any atom is 0.255 e. The summed E-state index contributed by atoms with van der Waals surface area (Å²) in [6.07, 6.45) is 9.00. The molecule has 0 N–H and O–H groups in total. The van der Waals surface area contributed by atoms with Crippen LogP contribution >= 0.6 is 0 Å². The van der Waals surface area contributed by atoms with Gasteiger partial charge in [0.1, 0.15) is 6.33 Å². The van der Waals surface area contributed by atoms with Crippen molar-refractivity contribution in [1.82, 2.24) is 19.5 Å². The SMILES string of the molecule is O=C(c1ccc2nncn2c1)N(CCc1ccccc1)C1CCCC1. The first-order valence-electron chi connectivity index (χ1n) is 8.95. The zero-order valence-electron chi connectivity index (χ0n) is 14.2. The minimum Gasteiger partial charge on any atom is -0.335 e. The number of aromatic nitrogens is 3. The van der Waals surface area contributed by atoms with E-state index in [1.54, 1.807) is 10.7 Å². The Labute approximate surface area is 147 Å². The van der Waals surface area contributed by atoms with Crippen LogP contribution in [0.2, 0.25) is 0 Å². The van der Waals surface area contributed by atoms with Crippen molar-refractivity contribution in [3.63, 3.8) is 0 Å². The number of amides is 1. The second-order valence-electron chi connectivity index (χ2n) is 6.69. The van der Waals surface area contributed by atoms with Crippen molar-refractivity contribution in [3.05, 3.63) is 66.1 Å². The molecule has 2 heterocycles. The molecule has 1 aromatic carbocycles. The number of hydrogen-bond acceptors (Lipinski definition) is 3. The first-order valence-corrected chi connectivity index (χ1v) is 8.95. The van der Waals surface area contributed by atoms with E-state index in [-0.39, 0.29) is 5.91 Å². The third-order valence-corrected chi connectivity index (χ3v) is 5.05. The zero-order chi connectivity index (χ0) is 17.1. The summed E-state index contributed by atoms with van der Waals surface area (Å²) in [5.41, 5.74) is 2.73. The van der Waals surface area contributed by atoms with Gasteiger partial charge >= 0.3 is 0 Å². The molecule has 3 aromatic rings. The normalized spacial score (nSPS) is 14.9. The number of nitrogens with zero attached hydrogens (tertiary/aromatic N) is 4. The Hall–Kier alpha value is -2.69. The van der Waals surface area contributed by atoms with E-state index in [1.165, 1.54) is 18.4 Å². The molecule has 0 aliphatic heterocycles. The molecule has 0 saturated heterocycles. The number of rotatable bonds is 5. The minimum atomic E-state index is 0.110. The van der Waals surface area contributed by atoms with E-state index >= 15 is 0 Å². The van der Waals surface area contributed by atoms with E-state index in [2.05, 4.69) is 39.4 Å². The van der Waals surface area contributed by atoms with Crippen LogP contribution in [0.25, 0.3) is 5.65 Å². The first-order chi connectivity index (χ1) is 12.3. The average Bonchev–Trinajstić information content (AvgIpc) is 3.34.